The first-order valence-electron chi connectivity index (χ1n) is 10.3. The van der Waals surface area contributed by atoms with Crippen LogP contribution in [0.15, 0.2) is 56.7 Å². The second-order valence-electron chi connectivity index (χ2n) is 8.37. The molecule has 0 bridgehead atoms. The minimum atomic E-state index is -5.27. The average Bonchev–Trinajstić information content (AvgIpc) is 2.74. The first-order chi connectivity index (χ1) is 16.6. The van der Waals surface area contributed by atoms with Gasteiger partial charge in [-0.05, 0) is 41.3 Å². The molecular formula is C23H19N2O9S2-. The zero-order valence-electron chi connectivity index (χ0n) is 18.8. The van der Waals surface area contributed by atoms with Gasteiger partial charge in [-0.3, -0.25) is 5.41 Å². The number of hydrogen-bond acceptors (Lipinski definition) is 9. The highest BCUT2D eigenvalue weighted by molar-refractivity contribution is 7.86. The molecule has 0 fully saturated rings. The van der Waals surface area contributed by atoms with Gasteiger partial charge in [0.1, 0.15) is 25.1 Å². The zero-order valence-corrected chi connectivity index (χ0v) is 20.4. The lowest BCUT2D eigenvalue weighted by molar-refractivity contribution is -0.176. The molecule has 188 valence electrons. The molecular weight excluding hydrogens is 512 g/mol. The molecule has 0 unspecified atom stereocenters. The van der Waals surface area contributed by atoms with Gasteiger partial charge in [-0.2, -0.15) is 0 Å². The molecule has 0 aromatic heterocycles. The molecule has 0 spiro atoms. The fraction of sp³-hybridized carbons (Fsp3) is 0.130. The SMILES string of the molecule is CC(C)c1ccc(-c2c3ccc(=[NH2+])c(S(=O)(=O)[O-])c-3oc3c(S(=O)(=O)[O-])c(N)ccc23)c(C(=O)O)c1. The second kappa shape index (κ2) is 8.41. The topological polar surface area (TPSA) is 216 Å². The Labute approximate surface area is 205 Å². The van der Waals surface area contributed by atoms with Crippen molar-refractivity contribution in [1.82, 2.24) is 0 Å². The summed E-state index contributed by atoms with van der Waals surface area (Å²) in [7, 11) is -10.5. The van der Waals surface area contributed by atoms with Crippen LogP contribution in [-0.4, -0.2) is 37.0 Å². The van der Waals surface area contributed by atoms with Crippen molar-refractivity contribution in [2.45, 2.75) is 29.6 Å². The van der Waals surface area contributed by atoms with Crippen LogP contribution in [0.5, 0.6) is 0 Å². The summed E-state index contributed by atoms with van der Waals surface area (Å²) in [6.45, 7) is 3.71. The van der Waals surface area contributed by atoms with Crippen molar-refractivity contribution in [3.8, 4) is 22.5 Å². The molecule has 0 radical (unpaired) electrons. The average molecular weight is 532 g/mol. The van der Waals surface area contributed by atoms with Gasteiger partial charge in [0.25, 0.3) is 0 Å². The van der Waals surface area contributed by atoms with Crippen molar-refractivity contribution in [2.24, 2.45) is 0 Å². The minimum absolute atomic E-state index is 0.00811. The number of aromatic carboxylic acids is 1. The molecule has 1 heterocycles. The van der Waals surface area contributed by atoms with E-state index < -0.39 is 58.4 Å². The Morgan fingerprint density at radius 3 is 2.14 bits per heavy atom. The smallest absolute Gasteiger partial charge is 0.336 e. The van der Waals surface area contributed by atoms with Crippen molar-refractivity contribution in [2.75, 3.05) is 5.73 Å². The number of anilines is 1. The van der Waals surface area contributed by atoms with Gasteiger partial charge in [0.05, 0.1) is 11.3 Å². The third-order valence-corrected chi connectivity index (χ3v) is 7.58. The molecule has 0 amide bonds. The summed E-state index contributed by atoms with van der Waals surface area (Å²) in [4.78, 5) is 10.3. The maximum Gasteiger partial charge on any atom is 0.336 e. The third-order valence-electron chi connectivity index (χ3n) is 5.74. The predicted molar refractivity (Wildman–Crippen MR) is 125 cm³/mol. The number of fused-ring (bicyclic) bond motifs is 2. The molecule has 0 saturated carbocycles. The maximum absolute atomic E-state index is 12.2. The molecule has 1 aliphatic carbocycles. The fourth-order valence-electron chi connectivity index (χ4n) is 4.12. The largest absolute Gasteiger partial charge is 0.744 e. The van der Waals surface area contributed by atoms with Crippen LogP contribution in [0, 0.1) is 0 Å². The highest BCUT2D eigenvalue weighted by Crippen LogP contribution is 2.45. The van der Waals surface area contributed by atoms with Gasteiger partial charge in [0.15, 0.2) is 16.2 Å². The second-order valence-corrected chi connectivity index (χ2v) is 11.0. The van der Waals surface area contributed by atoms with E-state index in [-0.39, 0.29) is 33.6 Å². The number of carboxylic acids is 1. The van der Waals surface area contributed by atoms with Gasteiger partial charge >= 0.3 is 5.97 Å². The maximum atomic E-state index is 12.2. The first-order valence-corrected chi connectivity index (χ1v) is 13.1. The highest BCUT2D eigenvalue weighted by Gasteiger charge is 2.29. The van der Waals surface area contributed by atoms with Crippen LogP contribution in [0.2, 0.25) is 0 Å². The molecule has 2 aromatic carbocycles. The summed E-state index contributed by atoms with van der Waals surface area (Å²) in [5.41, 5.74) is 5.12. The lowest BCUT2D eigenvalue weighted by Crippen LogP contribution is -2.47. The molecule has 0 saturated heterocycles. The summed E-state index contributed by atoms with van der Waals surface area (Å²) in [6, 6.07) is 9.42. The van der Waals surface area contributed by atoms with Crippen molar-refractivity contribution in [1.29, 1.82) is 0 Å². The summed E-state index contributed by atoms with van der Waals surface area (Å²) in [5, 5.41) is 15.2. The minimum Gasteiger partial charge on any atom is -0.744 e. The van der Waals surface area contributed by atoms with E-state index in [9.17, 15) is 35.8 Å². The number of rotatable bonds is 5. The van der Waals surface area contributed by atoms with Crippen molar-refractivity contribution >= 4 is 42.9 Å². The molecule has 11 nitrogen and oxygen atoms in total. The van der Waals surface area contributed by atoms with Crippen molar-refractivity contribution < 1.29 is 45.7 Å². The standard InChI is InChI=1S/C23H20N2O9S2/c1-10(2)11-3-4-12(15(9-11)23(26)27)18-13-5-7-16(24)21(35(28,29)30)19(13)34-20-14(18)6-8-17(25)22(20)36(31,32)33/h3-10,24H,25H2,1-2H3,(H,26,27)(H,28,29,30)(H,31,32,33)/p-1. The summed E-state index contributed by atoms with van der Waals surface area (Å²) >= 11 is 0. The van der Waals surface area contributed by atoms with Crippen LogP contribution in [0.1, 0.15) is 35.7 Å². The van der Waals surface area contributed by atoms with Gasteiger partial charge in [0.2, 0.25) is 5.36 Å². The Balaban J connectivity index is 2.36. The molecule has 2 aromatic rings. The van der Waals surface area contributed by atoms with Crippen LogP contribution in [0.3, 0.4) is 0 Å². The predicted octanol–water partition coefficient (Wildman–Crippen LogP) is 1.08. The number of benzene rings is 3. The van der Waals surface area contributed by atoms with Gasteiger partial charge in [-0.25, -0.2) is 21.6 Å². The first kappa shape index (κ1) is 25.3. The lowest BCUT2D eigenvalue weighted by Gasteiger charge is -2.22. The van der Waals surface area contributed by atoms with E-state index in [4.69, 9.17) is 15.6 Å². The third kappa shape index (κ3) is 4.11. The van der Waals surface area contributed by atoms with Crippen LogP contribution in [0.4, 0.5) is 5.69 Å². The quantitative estimate of drug-likeness (QED) is 0.189. The Bertz CT molecular complexity index is 1820. The molecule has 13 heteroatoms. The van der Waals surface area contributed by atoms with Gasteiger partial charge < -0.3 is 24.4 Å². The molecule has 5 N–H and O–H groups in total. The lowest BCUT2D eigenvalue weighted by atomic mass is 9.88. The molecule has 4 rings (SSSR count). The number of hydrogen-bond donors (Lipinski definition) is 3. The Morgan fingerprint density at radius 2 is 1.58 bits per heavy atom. The van der Waals surface area contributed by atoms with E-state index in [1.54, 1.807) is 6.07 Å². The summed E-state index contributed by atoms with van der Waals surface area (Å²) < 4.78 is 78.2. The Hall–Kier alpha value is -3.78. The number of nitrogens with two attached hydrogens (primary N) is 2. The van der Waals surface area contributed by atoms with E-state index in [1.807, 2.05) is 13.8 Å². The van der Waals surface area contributed by atoms with E-state index in [1.165, 1.54) is 24.3 Å². The van der Waals surface area contributed by atoms with Crippen LogP contribution in [0.25, 0.3) is 33.4 Å². The van der Waals surface area contributed by atoms with E-state index >= 15 is 0 Å². The van der Waals surface area contributed by atoms with Gasteiger partial charge in [-0.1, -0.05) is 26.0 Å². The van der Waals surface area contributed by atoms with E-state index in [0.717, 1.165) is 12.1 Å². The Morgan fingerprint density at radius 1 is 0.972 bits per heavy atom. The number of nitrogen functional groups attached to an aromatic ring is 1. The molecule has 0 atom stereocenters. The van der Waals surface area contributed by atoms with Gasteiger partial charge in [0, 0.05) is 22.6 Å². The fourth-order valence-corrected chi connectivity index (χ4v) is 5.59. The van der Waals surface area contributed by atoms with Gasteiger partial charge in [-0.15, -0.1) is 0 Å². The number of carbonyl (C=O) groups is 1. The van der Waals surface area contributed by atoms with Crippen molar-refractivity contribution in [3.63, 3.8) is 0 Å². The van der Waals surface area contributed by atoms with E-state index in [2.05, 4.69) is 0 Å². The summed E-state index contributed by atoms with van der Waals surface area (Å²) in [6.07, 6.45) is 0. The van der Waals surface area contributed by atoms with Crippen LogP contribution < -0.4 is 16.5 Å². The zero-order chi connectivity index (χ0) is 26.7. The summed E-state index contributed by atoms with van der Waals surface area (Å²) in [5.74, 6) is -2.01. The van der Waals surface area contributed by atoms with Crippen molar-refractivity contribution in [3.05, 3.63) is 58.9 Å². The van der Waals surface area contributed by atoms with Crippen LogP contribution >= 0.6 is 0 Å². The monoisotopic (exact) mass is 531 g/mol. The highest BCUT2D eigenvalue weighted by atomic mass is 32.2. The Kier molecular flexibility index (Phi) is 5.92. The van der Waals surface area contributed by atoms with Crippen LogP contribution in [-0.2, 0) is 20.2 Å². The van der Waals surface area contributed by atoms with E-state index in [0.29, 0.717) is 5.56 Å². The molecule has 36 heavy (non-hydrogen) atoms. The molecule has 1 aliphatic heterocycles. The number of carboxylic acid groups (broad SMARTS) is 1. The normalized spacial score (nSPS) is 12.5. The molecule has 2 aliphatic rings.